The van der Waals surface area contributed by atoms with Gasteiger partial charge < -0.3 is 16.8 Å². The molecule has 2 aromatic carbocycles. The average Bonchev–Trinajstić information content (AvgIpc) is 2.63. The van der Waals surface area contributed by atoms with Gasteiger partial charge in [0.15, 0.2) is 0 Å². The minimum absolute atomic E-state index is 0.425. The highest BCUT2D eigenvalue weighted by molar-refractivity contribution is 5.96. The summed E-state index contributed by atoms with van der Waals surface area (Å²) in [7, 11) is 0. The van der Waals surface area contributed by atoms with Crippen LogP contribution in [-0.2, 0) is 0 Å². The molecule has 132 valence electrons. The molecule has 0 saturated carbocycles. The molecule has 2 heterocycles. The minimum Gasteiger partial charge on any atom is -0.383 e. The third-order valence-corrected chi connectivity index (χ3v) is 4.73. The molecule has 4 aromatic rings. The first-order chi connectivity index (χ1) is 13.0. The van der Waals surface area contributed by atoms with E-state index in [1.54, 1.807) is 6.20 Å². The van der Waals surface area contributed by atoms with Gasteiger partial charge in [0.1, 0.15) is 17.5 Å². The van der Waals surface area contributed by atoms with E-state index in [2.05, 4.69) is 21.4 Å². The SMILES string of the molecule is Cc1cc2c(N)nc(Nc3cc4ccnc(N)c4cc3C)cc2cc1C#N. The summed E-state index contributed by atoms with van der Waals surface area (Å²) in [6.07, 6.45) is 1.69. The van der Waals surface area contributed by atoms with Crippen molar-refractivity contribution in [3.05, 3.63) is 59.3 Å². The lowest BCUT2D eigenvalue weighted by atomic mass is 10.0. The van der Waals surface area contributed by atoms with Gasteiger partial charge in [0.25, 0.3) is 0 Å². The van der Waals surface area contributed by atoms with E-state index in [1.807, 2.05) is 50.2 Å². The summed E-state index contributed by atoms with van der Waals surface area (Å²) < 4.78 is 0. The fraction of sp³-hybridized carbons (Fsp3) is 0.0952. The number of benzene rings is 2. The first-order valence-corrected chi connectivity index (χ1v) is 8.49. The number of rotatable bonds is 2. The summed E-state index contributed by atoms with van der Waals surface area (Å²) in [5, 5.41) is 16.2. The van der Waals surface area contributed by atoms with Gasteiger partial charge in [-0.15, -0.1) is 0 Å². The van der Waals surface area contributed by atoms with E-state index in [0.29, 0.717) is 23.0 Å². The molecule has 0 aliphatic carbocycles. The predicted octanol–water partition coefficient (Wildman–Crippen LogP) is 4.18. The summed E-state index contributed by atoms with van der Waals surface area (Å²) >= 11 is 0. The monoisotopic (exact) mass is 354 g/mol. The average molecular weight is 354 g/mol. The molecule has 0 radical (unpaired) electrons. The number of aromatic nitrogens is 2. The van der Waals surface area contributed by atoms with E-state index in [-0.39, 0.29) is 0 Å². The maximum absolute atomic E-state index is 9.28. The van der Waals surface area contributed by atoms with Gasteiger partial charge in [-0.05, 0) is 72.1 Å². The highest BCUT2D eigenvalue weighted by atomic mass is 15.0. The number of nitrogens with two attached hydrogens (primary N) is 2. The number of aryl methyl sites for hydroxylation is 2. The number of anilines is 4. The van der Waals surface area contributed by atoms with Gasteiger partial charge in [0.05, 0.1) is 11.6 Å². The van der Waals surface area contributed by atoms with Crippen LogP contribution in [0.3, 0.4) is 0 Å². The number of hydrogen-bond acceptors (Lipinski definition) is 6. The van der Waals surface area contributed by atoms with E-state index >= 15 is 0 Å². The van der Waals surface area contributed by atoms with Gasteiger partial charge in [0.2, 0.25) is 0 Å². The Bertz CT molecular complexity index is 1250. The van der Waals surface area contributed by atoms with E-state index in [1.165, 1.54) is 0 Å². The molecule has 2 aromatic heterocycles. The molecule has 27 heavy (non-hydrogen) atoms. The van der Waals surface area contributed by atoms with Crippen LogP contribution in [0.4, 0.5) is 23.1 Å². The molecule has 0 amide bonds. The van der Waals surface area contributed by atoms with Crippen molar-refractivity contribution in [1.29, 1.82) is 5.26 Å². The Balaban J connectivity index is 1.82. The fourth-order valence-electron chi connectivity index (χ4n) is 3.24. The maximum Gasteiger partial charge on any atom is 0.133 e. The van der Waals surface area contributed by atoms with Crippen LogP contribution in [0, 0.1) is 25.2 Å². The largest absolute Gasteiger partial charge is 0.383 e. The van der Waals surface area contributed by atoms with E-state index in [4.69, 9.17) is 11.5 Å². The number of pyridine rings is 2. The van der Waals surface area contributed by atoms with Crippen molar-refractivity contribution in [3.8, 4) is 6.07 Å². The van der Waals surface area contributed by atoms with Crippen molar-refractivity contribution in [2.24, 2.45) is 0 Å². The summed E-state index contributed by atoms with van der Waals surface area (Å²) in [6, 6.07) is 13.8. The number of hydrogen-bond donors (Lipinski definition) is 3. The van der Waals surface area contributed by atoms with E-state index < -0.39 is 0 Å². The standard InChI is InChI=1S/C21H18N6/c1-11-5-17-14(7-15(11)10-22)9-19(27-21(17)24)26-18-8-13-3-4-25-20(23)16(13)6-12(18)2/h3-9H,1-2H3,(H2,23,25)(H3,24,26,27). The minimum atomic E-state index is 0.425. The van der Waals surface area contributed by atoms with Crippen molar-refractivity contribution < 1.29 is 0 Å². The van der Waals surface area contributed by atoms with E-state index in [0.717, 1.165) is 38.4 Å². The molecule has 4 rings (SSSR count). The second-order valence-corrected chi connectivity index (χ2v) is 6.60. The Labute approximate surface area is 156 Å². The zero-order valence-corrected chi connectivity index (χ0v) is 15.0. The van der Waals surface area contributed by atoms with Gasteiger partial charge in [-0.3, -0.25) is 0 Å². The molecule has 0 aliphatic rings. The Morgan fingerprint density at radius 3 is 2.44 bits per heavy atom. The van der Waals surface area contributed by atoms with E-state index in [9.17, 15) is 5.26 Å². The number of nitrogens with one attached hydrogen (secondary N) is 1. The van der Waals surface area contributed by atoms with Gasteiger partial charge in [-0.1, -0.05) is 0 Å². The molecule has 5 N–H and O–H groups in total. The Morgan fingerprint density at radius 2 is 1.67 bits per heavy atom. The van der Waals surface area contributed by atoms with Crippen molar-refractivity contribution in [3.63, 3.8) is 0 Å². The van der Waals surface area contributed by atoms with Crippen molar-refractivity contribution >= 4 is 44.7 Å². The number of nitrogen functional groups attached to an aromatic ring is 2. The predicted molar refractivity (Wildman–Crippen MR) is 110 cm³/mol. The zero-order chi connectivity index (χ0) is 19.1. The zero-order valence-electron chi connectivity index (χ0n) is 15.0. The number of fused-ring (bicyclic) bond motifs is 2. The highest BCUT2D eigenvalue weighted by Gasteiger charge is 2.10. The van der Waals surface area contributed by atoms with Crippen LogP contribution in [0.1, 0.15) is 16.7 Å². The summed E-state index contributed by atoms with van der Waals surface area (Å²) in [6.45, 7) is 3.89. The topological polar surface area (TPSA) is 114 Å². The molecule has 0 aliphatic heterocycles. The molecule has 0 bridgehead atoms. The molecule has 0 atom stereocenters. The van der Waals surface area contributed by atoms with Gasteiger partial charge >= 0.3 is 0 Å². The third kappa shape index (κ3) is 2.85. The second-order valence-electron chi connectivity index (χ2n) is 6.60. The molecule has 6 nitrogen and oxygen atoms in total. The lowest BCUT2D eigenvalue weighted by Crippen LogP contribution is -2.01. The van der Waals surface area contributed by atoms with Crippen molar-refractivity contribution in [1.82, 2.24) is 9.97 Å². The smallest absolute Gasteiger partial charge is 0.133 e. The summed E-state index contributed by atoms with van der Waals surface area (Å²) in [5.41, 5.74) is 15.6. The molecule has 0 unspecified atom stereocenters. The molecule has 0 saturated heterocycles. The van der Waals surface area contributed by atoms with Gasteiger partial charge in [-0.25, -0.2) is 9.97 Å². The first kappa shape index (κ1) is 16.6. The van der Waals surface area contributed by atoms with Gasteiger partial charge in [-0.2, -0.15) is 5.26 Å². The second kappa shape index (κ2) is 6.15. The normalized spacial score (nSPS) is 10.9. The fourth-order valence-corrected chi connectivity index (χ4v) is 3.24. The third-order valence-electron chi connectivity index (χ3n) is 4.73. The Hall–Kier alpha value is -3.85. The summed E-state index contributed by atoms with van der Waals surface area (Å²) in [5.74, 6) is 1.56. The molecule has 0 spiro atoms. The lowest BCUT2D eigenvalue weighted by molar-refractivity contribution is 1.32. The lowest BCUT2D eigenvalue weighted by Gasteiger charge is -2.13. The Kier molecular flexibility index (Phi) is 3.78. The summed E-state index contributed by atoms with van der Waals surface area (Å²) in [4.78, 5) is 8.61. The van der Waals surface area contributed by atoms with Crippen LogP contribution in [0.25, 0.3) is 21.5 Å². The first-order valence-electron chi connectivity index (χ1n) is 8.49. The molecular formula is C21H18N6. The van der Waals surface area contributed by atoms with Crippen molar-refractivity contribution in [2.75, 3.05) is 16.8 Å². The molecular weight excluding hydrogens is 336 g/mol. The number of nitriles is 1. The van der Waals surface area contributed by atoms with Crippen LogP contribution in [-0.4, -0.2) is 9.97 Å². The Morgan fingerprint density at radius 1 is 0.926 bits per heavy atom. The highest BCUT2D eigenvalue weighted by Crippen LogP contribution is 2.31. The van der Waals surface area contributed by atoms with Crippen LogP contribution in [0.2, 0.25) is 0 Å². The number of nitrogens with zero attached hydrogens (tertiary/aromatic N) is 3. The van der Waals surface area contributed by atoms with Crippen LogP contribution in [0.5, 0.6) is 0 Å². The molecule has 0 fully saturated rings. The van der Waals surface area contributed by atoms with Crippen LogP contribution < -0.4 is 16.8 Å². The molecule has 6 heteroatoms. The van der Waals surface area contributed by atoms with Crippen molar-refractivity contribution in [2.45, 2.75) is 13.8 Å². The quantitative estimate of drug-likeness (QED) is 0.497. The van der Waals surface area contributed by atoms with Crippen LogP contribution in [0.15, 0.2) is 42.6 Å². The maximum atomic E-state index is 9.28. The van der Waals surface area contributed by atoms with Crippen LogP contribution >= 0.6 is 0 Å². The van der Waals surface area contributed by atoms with Gasteiger partial charge in [0, 0.05) is 22.7 Å².